The van der Waals surface area contributed by atoms with Crippen LogP contribution in [0, 0.1) is 22.7 Å². The molecule has 2 aromatic heterocycles. The van der Waals surface area contributed by atoms with Gasteiger partial charge >= 0.3 is 0 Å². The number of aromatic nitrogens is 3. The molecule has 0 radical (unpaired) electrons. The number of hydrogen-bond donors (Lipinski definition) is 1. The van der Waals surface area contributed by atoms with Crippen molar-refractivity contribution in [2.24, 2.45) is 5.92 Å². The molecule has 3 heterocycles. The van der Waals surface area contributed by atoms with Gasteiger partial charge in [0.15, 0.2) is 5.16 Å². The van der Waals surface area contributed by atoms with Crippen molar-refractivity contribution in [2.45, 2.75) is 44.8 Å². The number of nitrogens with zero attached hydrogens (tertiary/aromatic N) is 4. The summed E-state index contributed by atoms with van der Waals surface area (Å²) in [5.41, 5.74) is 2.88. The highest BCUT2D eigenvalue weighted by molar-refractivity contribution is 7.99. The van der Waals surface area contributed by atoms with Gasteiger partial charge in [-0.25, -0.2) is 4.98 Å². The maximum atomic E-state index is 9.56. The molecule has 0 aliphatic carbocycles. The van der Waals surface area contributed by atoms with E-state index in [4.69, 9.17) is 5.41 Å². The first kappa shape index (κ1) is 16.7. The Balaban J connectivity index is 2.14. The van der Waals surface area contributed by atoms with Crippen molar-refractivity contribution in [1.82, 2.24) is 14.5 Å². The van der Waals surface area contributed by atoms with Gasteiger partial charge in [-0.2, -0.15) is 5.26 Å². The van der Waals surface area contributed by atoms with Gasteiger partial charge in [0.1, 0.15) is 17.1 Å². The zero-order chi connectivity index (χ0) is 17.5. The van der Waals surface area contributed by atoms with E-state index in [1.807, 2.05) is 16.7 Å². The van der Waals surface area contributed by atoms with Crippen molar-refractivity contribution in [3.63, 3.8) is 0 Å². The Morgan fingerprint density at radius 2 is 2.12 bits per heavy atom. The topological polar surface area (TPSA) is 78.3 Å². The molecule has 3 rings (SSSR count). The number of rotatable bonds is 1. The summed E-state index contributed by atoms with van der Waals surface area (Å²) in [6.07, 6.45) is 1.76. The first-order chi connectivity index (χ1) is 11.3. The molecule has 0 aromatic carbocycles. The zero-order valence-electron chi connectivity index (χ0n) is 14.4. The van der Waals surface area contributed by atoms with Gasteiger partial charge in [0, 0.05) is 35.2 Å². The lowest BCUT2D eigenvalue weighted by Gasteiger charge is -2.24. The van der Waals surface area contributed by atoms with Crippen LogP contribution >= 0.6 is 11.8 Å². The molecule has 2 aromatic rings. The summed E-state index contributed by atoms with van der Waals surface area (Å²) in [6.45, 7) is 9.23. The molecule has 0 fully saturated rings. The first-order valence-electron chi connectivity index (χ1n) is 8.00. The van der Waals surface area contributed by atoms with Crippen LogP contribution in [0.25, 0.3) is 11.3 Å². The summed E-state index contributed by atoms with van der Waals surface area (Å²) in [4.78, 5) is 9.22. The maximum absolute atomic E-state index is 9.56. The Kier molecular flexibility index (Phi) is 4.22. The van der Waals surface area contributed by atoms with Gasteiger partial charge < -0.3 is 4.57 Å². The van der Waals surface area contributed by atoms with E-state index in [9.17, 15) is 5.26 Å². The van der Waals surface area contributed by atoms with E-state index >= 15 is 0 Å². The predicted octanol–water partition coefficient (Wildman–Crippen LogP) is 3.34. The summed E-state index contributed by atoms with van der Waals surface area (Å²) >= 11 is 1.65. The smallest absolute Gasteiger partial charge is 0.170 e. The molecule has 0 unspecified atom stereocenters. The van der Waals surface area contributed by atoms with Gasteiger partial charge in [-0.1, -0.05) is 39.5 Å². The van der Waals surface area contributed by atoms with Crippen LogP contribution in [0.1, 0.15) is 39.0 Å². The SMILES string of the molecule is C[C@@H]1CSc2nc(-c3ccc(C(C)(C)C)nc3)c(C#N)c(=N)n2C1. The molecule has 1 aliphatic rings. The van der Waals surface area contributed by atoms with E-state index < -0.39 is 0 Å². The Morgan fingerprint density at radius 1 is 1.38 bits per heavy atom. The zero-order valence-corrected chi connectivity index (χ0v) is 15.2. The highest BCUT2D eigenvalue weighted by Gasteiger charge is 2.22. The number of thioether (sulfide) groups is 1. The molecule has 1 atom stereocenters. The van der Waals surface area contributed by atoms with Crippen LogP contribution < -0.4 is 5.49 Å². The monoisotopic (exact) mass is 339 g/mol. The second kappa shape index (κ2) is 6.06. The van der Waals surface area contributed by atoms with Crippen LogP contribution in [0.15, 0.2) is 23.5 Å². The van der Waals surface area contributed by atoms with Crippen molar-refractivity contribution >= 4 is 11.8 Å². The third-order valence-electron chi connectivity index (χ3n) is 4.09. The number of nitrogens with one attached hydrogen (secondary N) is 1. The molecule has 124 valence electrons. The van der Waals surface area contributed by atoms with Gasteiger partial charge in [-0.05, 0) is 18.1 Å². The number of hydrogen-bond acceptors (Lipinski definition) is 5. The normalized spacial score (nSPS) is 17.2. The molecule has 0 spiro atoms. The second-order valence-corrected chi connectivity index (χ2v) is 8.27. The summed E-state index contributed by atoms with van der Waals surface area (Å²) < 4.78 is 1.85. The molecule has 0 saturated heterocycles. The molecule has 1 aliphatic heterocycles. The Labute approximate surface area is 146 Å². The van der Waals surface area contributed by atoms with E-state index in [1.165, 1.54) is 0 Å². The molecule has 0 bridgehead atoms. The van der Waals surface area contributed by atoms with Crippen molar-refractivity contribution in [3.05, 3.63) is 35.1 Å². The quantitative estimate of drug-likeness (QED) is 0.808. The van der Waals surface area contributed by atoms with Gasteiger partial charge in [-0.3, -0.25) is 10.4 Å². The molecule has 1 N–H and O–H groups in total. The van der Waals surface area contributed by atoms with Crippen LogP contribution in [0.3, 0.4) is 0 Å². The average molecular weight is 339 g/mol. The van der Waals surface area contributed by atoms with Gasteiger partial charge in [-0.15, -0.1) is 0 Å². The van der Waals surface area contributed by atoms with Crippen LogP contribution in [0.5, 0.6) is 0 Å². The first-order valence-corrected chi connectivity index (χ1v) is 8.99. The van der Waals surface area contributed by atoms with E-state index in [0.29, 0.717) is 17.2 Å². The highest BCUT2D eigenvalue weighted by atomic mass is 32.2. The molecular weight excluding hydrogens is 318 g/mol. The minimum atomic E-state index is -0.0255. The van der Waals surface area contributed by atoms with Crippen LogP contribution in [-0.4, -0.2) is 20.3 Å². The second-order valence-electron chi connectivity index (χ2n) is 7.29. The Bertz CT molecular complexity index is 868. The van der Waals surface area contributed by atoms with E-state index in [-0.39, 0.29) is 10.9 Å². The summed E-state index contributed by atoms with van der Waals surface area (Å²) in [5, 5.41) is 18.8. The molecule has 5 nitrogen and oxygen atoms in total. The Morgan fingerprint density at radius 3 is 2.71 bits per heavy atom. The molecule has 24 heavy (non-hydrogen) atoms. The third-order valence-corrected chi connectivity index (χ3v) is 5.40. The number of nitriles is 1. The average Bonchev–Trinajstić information content (AvgIpc) is 2.54. The molecule has 6 heteroatoms. The number of pyridine rings is 1. The fraction of sp³-hybridized carbons (Fsp3) is 0.444. The fourth-order valence-electron chi connectivity index (χ4n) is 2.71. The summed E-state index contributed by atoms with van der Waals surface area (Å²) in [7, 11) is 0. The van der Waals surface area contributed by atoms with E-state index in [0.717, 1.165) is 28.7 Å². The van der Waals surface area contributed by atoms with Crippen LogP contribution in [0.4, 0.5) is 0 Å². The lowest BCUT2D eigenvalue weighted by atomic mass is 9.91. The fourth-order valence-corrected chi connectivity index (χ4v) is 3.72. The van der Waals surface area contributed by atoms with Gasteiger partial charge in [0.25, 0.3) is 0 Å². The van der Waals surface area contributed by atoms with E-state index in [1.54, 1.807) is 18.0 Å². The van der Waals surface area contributed by atoms with Crippen LogP contribution in [-0.2, 0) is 12.0 Å². The molecular formula is C18H21N5S. The van der Waals surface area contributed by atoms with Crippen molar-refractivity contribution in [3.8, 4) is 17.3 Å². The summed E-state index contributed by atoms with van der Waals surface area (Å²) in [5.74, 6) is 1.46. The molecule has 0 amide bonds. The molecule has 0 saturated carbocycles. The largest absolute Gasteiger partial charge is 0.304 e. The highest BCUT2D eigenvalue weighted by Crippen LogP contribution is 2.29. The standard InChI is InChI=1S/C18H21N5S/c1-11-9-23-16(20)13(7-19)15(22-17(23)24-10-11)12-5-6-14(21-8-12)18(2,3)4/h5-6,8,11,20H,9-10H2,1-4H3/t11-/m0/s1. The van der Waals surface area contributed by atoms with Crippen LogP contribution in [0.2, 0.25) is 0 Å². The minimum absolute atomic E-state index is 0.0255. The van der Waals surface area contributed by atoms with Gasteiger partial charge in [0.05, 0.1) is 5.69 Å². The summed E-state index contributed by atoms with van der Waals surface area (Å²) in [6, 6.07) is 6.09. The maximum Gasteiger partial charge on any atom is 0.170 e. The lowest BCUT2D eigenvalue weighted by Crippen LogP contribution is -2.32. The van der Waals surface area contributed by atoms with Gasteiger partial charge in [0.2, 0.25) is 0 Å². The van der Waals surface area contributed by atoms with Crippen molar-refractivity contribution in [1.29, 1.82) is 10.7 Å². The number of fused-ring (bicyclic) bond motifs is 1. The lowest BCUT2D eigenvalue weighted by molar-refractivity contribution is 0.452. The van der Waals surface area contributed by atoms with E-state index in [2.05, 4.69) is 43.7 Å². The minimum Gasteiger partial charge on any atom is -0.304 e. The third kappa shape index (κ3) is 2.96. The predicted molar refractivity (Wildman–Crippen MR) is 94.6 cm³/mol. The Hall–Kier alpha value is -2.13. The van der Waals surface area contributed by atoms with Crippen molar-refractivity contribution in [2.75, 3.05) is 5.75 Å². The van der Waals surface area contributed by atoms with Crippen molar-refractivity contribution < 1.29 is 0 Å².